The molecule has 2 aliphatic rings. The van der Waals surface area contributed by atoms with Gasteiger partial charge in [0.1, 0.15) is 5.25 Å². The number of amidine groups is 1. The first kappa shape index (κ1) is 20.7. The Labute approximate surface area is 182 Å². The van der Waals surface area contributed by atoms with Crippen LogP contribution in [0.3, 0.4) is 0 Å². The number of aryl methyl sites for hydroxylation is 3. The molecule has 0 bridgehead atoms. The number of nitrogens with zero attached hydrogens (tertiary/aromatic N) is 2. The van der Waals surface area contributed by atoms with Crippen molar-refractivity contribution in [1.29, 1.82) is 0 Å². The fraction of sp³-hybridized carbons (Fsp3) is 0.375. The fourth-order valence-corrected chi connectivity index (χ4v) is 4.73. The number of aliphatic imine (C=N–C) groups is 1. The van der Waals surface area contributed by atoms with Crippen molar-refractivity contribution in [2.75, 3.05) is 5.32 Å². The Morgan fingerprint density at radius 1 is 1.17 bits per heavy atom. The number of hydrogen-bond donors (Lipinski definition) is 1. The Bertz CT molecular complexity index is 996. The van der Waals surface area contributed by atoms with Gasteiger partial charge in [-0.25, -0.2) is 4.99 Å². The quantitative estimate of drug-likeness (QED) is 0.715. The van der Waals surface area contributed by atoms with Gasteiger partial charge in [-0.15, -0.1) is 0 Å². The van der Waals surface area contributed by atoms with Crippen LogP contribution < -0.4 is 5.32 Å². The second-order valence-electron chi connectivity index (χ2n) is 8.03. The van der Waals surface area contributed by atoms with Crippen molar-refractivity contribution >= 4 is 40.1 Å². The smallest absolute Gasteiger partial charge is 0.242 e. The van der Waals surface area contributed by atoms with Crippen molar-refractivity contribution in [1.82, 2.24) is 4.90 Å². The van der Waals surface area contributed by atoms with Gasteiger partial charge in [0.2, 0.25) is 11.8 Å². The van der Waals surface area contributed by atoms with E-state index in [1.165, 1.54) is 17.3 Å². The Morgan fingerprint density at radius 2 is 1.90 bits per heavy atom. The molecule has 30 heavy (non-hydrogen) atoms. The SMILES string of the molecule is CCc1ccc(N=C2SC(CC(=O)Nc3cc(C)ccc3C)C(=O)N2C2CC2)cc1. The third kappa shape index (κ3) is 4.59. The highest BCUT2D eigenvalue weighted by atomic mass is 32.2. The van der Waals surface area contributed by atoms with Gasteiger partial charge in [0, 0.05) is 18.2 Å². The van der Waals surface area contributed by atoms with E-state index in [1.54, 1.807) is 0 Å². The number of rotatable bonds is 6. The van der Waals surface area contributed by atoms with Gasteiger partial charge in [0.25, 0.3) is 0 Å². The van der Waals surface area contributed by atoms with Gasteiger partial charge in [0.05, 0.1) is 5.69 Å². The summed E-state index contributed by atoms with van der Waals surface area (Å²) in [6, 6.07) is 14.3. The lowest BCUT2D eigenvalue weighted by Crippen LogP contribution is -2.35. The van der Waals surface area contributed by atoms with Crippen LogP contribution in [-0.2, 0) is 16.0 Å². The van der Waals surface area contributed by atoms with E-state index in [-0.39, 0.29) is 24.3 Å². The molecule has 156 valence electrons. The largest absolute Gasteiger partial charge is 0.326 e. The summed E-state index contributed by atoms with van der Waals surface area (Å²) in [4.78, 5) is 32.3. The van der Waals surface area contributed by atoms with Crippen LogP contribution in [0.15, 0.2) is 47.5 Å². The summed E-state index contributed by atoms with van der Waals surface area (Å²) in [6.07, 6.45) is 3.13. The van der Waals surface area contributed by atoms with Crippen LogP contribution in [0.2, 0.25) is 0 Å². The molecule has 4 rings (SSSR count). The zero-order valence-electron chi connectivity index (χ0n) is 17.6. The summed E-state index contributed by atoms with van der Waals surface area (Å²) in [5.41, 5.74) is 5.00. The predicted molar refractivity (Wildman–Crippen MR) is 123 cm³/mol. The summed E-state index contributed by atoms with van der Waals surface area (Å²) in [6.45, 7) is 6.08. The van der Waals surface area contributed by atoms with Gasteiger partial charge in [0.15, 0.2) is 5.17 Å². The molecule has 0 spiro atoms. The number of anilines is 1. The van der Waals surface area contributed by atoms with Crippen molar-refractivity contribution < 1.29 is 9.59 Å². The average molecular weight is 422 g/mol. The van der Waals surface area contributed by atoms with E-state index in [0.29, 0.717) is 0 Å². The fourth-order valence-electron chi connectivity index (χ4n) is 3.52. The Balaban J connectivity index is 1.48. The maximum atomic E-state index is 13.0. The summed E-state index contributed by atoms with van der Waals surface area (Å²) in [5.74, 6) is -0.138. The third-order valence-corrected chi connectivity index (χ3v) is 6.64. The molecule has 2 aromatic carbocycles. The number of carbonyl (C=O) groups excluding carboxylic acids is 2. The van der Waals surface area contributed by atoms with Crippen molar-refractivity contribution in [2.24, 2.45) is 4.99 Å². The van der Waals surface area contributed by atoms with Crippen LogP contribution in [0.1, 0.15) is 42.9 Å². The monoisotopic (exact) mass is 421 g/mol. The normalized spacial score (nSPS) is 20.1. The lowest BCUT2D eigenvalue weighted by atomic mass is 10.1. The predicted octanol–water partition coefficient (Wildman–Crippen LogP) is 4.99. The van der Waals surface area contributed by atoms with Crippen LogP contribution in [0.25, 0.3) is 0 Å². The van der Waals surface area contributed by atoms with Gasteiger partial charge in [-0.2, -0.15) is 0 Å². The zero-order chi connectivity index (χ0) is 21.3. The van der Waals surface area contributed by atoms with E-state index < -0.39 is 5.25 Å². The standard InChI is InChI=1S/C24H27N3O2S/c1-4-17-7-9-18(10-8-17)25-24-27(19-11-12-19)23(29)21(30-24)14-22(28)26-20-13-15(2)5-6-16(20)3/h5-10,13,19,21H,4,11-12,14H2,1-3H3,(H,26,28). The first-order chi connectivity index (χ1) is 14.4. The molecule has 1 saturated heterocycles. The van der Waals surface area contributed by atoms with Crippen LogP contribution in [0.5, 0.6) is 0 Å². The molecule has 0 radical (unpaired) electrons. The van der Waals surface area contributed by atoms with Crippen molar-refractivity contribution in [3.63, 3.8) is 0 Å². The van der Waals surface area contributed by atoms with Crippen LogP contribution in [0.4, 0.5) is 11.4 Å². The summed E-state index contributed by atoms with van der Waals surface area (Å²) < 4.78 is 0. The highest BCUT2D eigenvalue weighted by Crippen LogP contribution is 2.39. The molecule has 2 aromatic rings. The molecule has 1 N–H and O–H groups in total. The lowest BCUT2D eigenvalue weighted by molar-refractivity contribution is -0.128. The highest BCUT2D eigenvalue weighted by molar-refractivity contribution is 8.15. The number of hydrogen-bond acceptors (Lipinski definition) is 4. The van der Waals surface area contributed by atoms with Gasteiger partial charge in [-0.3, -0.25) is 14.5 Å². The van der Waals surface area contributed by atoms with E-state index in [0.717, 1.165) is 46.9 Å². The van der Waals surface area contributed by atoms with E-state index in [4.69, 9.17) is 4.99 Å². The number of carbonyl (C=O) groups is 2. The number of thioether (sulfide) groups is 1. The lowest BCUT2D eigenvalue weighted by Gasteiger charge is -2.15. The summed E-state index contributed by atoms with van der Waals surface area (Å²) in [7, 11) is 0. The maximum absolute atomic E-state index is 13.0. The molecular formula is C24H27N3O2S. The molecule has 1 heterocycles. The first-order valence-electron chi connectivity index (χ1n) is 10.5. The summed E-state index contributed by atoms with van der Waals surface area (Å²) >= 11 is 1.41. The number of nitrogens with one attached hydrogen (secondary N) is 1. The first-order valence-corrected chi connectivity index (χ1v) is 11.4. The van der Waals surface area contributed by atoms with Crippen molar-refractivity contribution in [3.05, 3.63) is 59.2 Å². The summed E-state index contributed by atoms with van der Waals surface area (Å²) in [5, 5.41) is 3.26. The Kier molecular flexibility index (Phi) is 5.95. The molecule has 5 nitrogen and oxygen atoms in total. The second-order valence-corrected chi connectivity index (χ2v) is 9.20. The molecule has 1 saturated carbocycles. The van der Waals surface area contributed by atoms with Crippen LogP contribution in [0, 0.1) is 13.8 Å². The zero-order valence-corrected chi connectivity index (χ0v) is 18.5. The molecule has 2 fully saturated rings. The van der Waals surface area contributed by atoms with E-state index in [1.807, 2.05) is 49.1 Å². The third-order valence-electron chi connectivity index (χ3n) is 5.49. The highest BCUT2D eigenvalue weighted by Gasteiger charge is 2.46. The molecule has 1 aliphatic carbocycles. The topological polar surface area (TPSA) is 61.8 Å². The molecule has 6 heteroatoms. The maximum Gasteiger partial charge on any atom is 0.242 e. The molecule has 2 amide bonds. The second kappa shape index (κ2) is 8.64. The average Bonchev–Trinajstić information content (AvgIpc) is 3.51. The molecule has 0 aromatic heterocycles. The molecule has 1 atom stereocenters. The minimum absolute atomic E-state index is 0.00235. The van der Waals surface area contributed by atoms with Gasteiger partial charge in [-0.1, -0.05) is 43.0 Å². The Morgan fingerprint density at radius 3 is 2.57 bits per heavy atom. The van der Waals surface area contributed by atoms with Crippen LogP contribution in [-0.4, -0.2) is 33.2 Å². The molecule has 1 aliphatic heterocycles. The number of amides is 2. The van der Waals surface area contributed by atoms with E-state index >= 15 is 0 Å². The molecule has 1 unspecified atom stereocenters. The van der Waals surface area contributed by atoms with E-state index in [9.17, 15) is 9.59 Å². The van der Waals surface area contributed by atoms with Gasteiger partial charge >= 0.3 is 0 Å². The van der Waals surface area contributed by atoms with Crippen LogP contribution >= 0.6 is 11.8 Å². The van der Waals surface area contributed by atoms with Gasteiger partial charge in [-0.05, 0) is 68.0 Å². The number of benzene rings is 2. The van der Waals surface area contributed by atoms with E-state index in [2.05, 4.69) is 24.4 Å². The minimum Gasteiger partial charge on any atom is -0.326 e. The Hall–Kier alpha value is -2.60. The molecular weight excluding hydrogens is 394 g/mol. The van der Waals surface area contributed by atoms with Gasteiger partial charge < -0.3 is 5.32 Å². The van der Waals surface area contributed by atoms with Crippen molar-refractivity contribution in [3.8, 4) is 0 Å². The minimum atomic E-state index is -0.426. The van der Waals surface area contributed by atoms with Crippen molar-refractivity contribution in [2.45, 2.75) is 57.7 Å².